The predicted octanol–water partition coefficient (Wildman–Crippen LogP) is 6.54. The number of esters is 2. The molecule has 2 N–H and O–H groups in total. The first-order valence-corrected chi connectivity index (χ1v) is 12.6. The van der Waals surface area contributed by atoms with Crippen LogP contribution in [-0.2, 0) is 56.6 Å². The number of aliphatic hydroxyl groups excluding tert-OH is 1. The van der Waals surface area contributed by atoms with Crippen LogP contribution in [0, 0.1) is 5.92 Å². The number of aliphatic carboxylic acids is 1. The number of carboxylic acid groups (broad SMARTS) is 1. The van der Waals surface area contributed by atoms with E-state index in [1.54, 1.807) is 6.92 Å². The Hall–Kier alpha value is -0.526. The number of hydrogen-bond acceptors (Lipinski definition) is 6. The Kier molecular flexibility index (Phi) is 41.6. The van der Waals surface area contributed by atoms with Gasteiger partial charge < -0.3 is 19.7 Å². The summed E-state index contributed by atoms with van der Waals surface area (Å²) in [5, 5.41) is 16.5. The molecular weight excluding hydrogens is 513 g/mol. The van der Waals surface area contributed by atoms with Gasteiger partial charge in [0.15, 0.2) is 0 Å². The van der Waals surface area contributed by atoms with Crippen LogP contribution in [0.5, 0.6) is 0 Å². The molecular formula is C26H54O7Y. The Morgan fingerprint density at radius 3 is 1.62 bits per heavy atom. The molecule has 1 aliphatic heterocycles. The third-order valence-corrected chi connectivity index (χ3v) is 4.39. The van der Waals surface area contributed by atoms with E-state index in [4.69, 9.17) is 19.7 Å². The van der Waals surface area contributed by atoms with Gasteiger partial charge in [-0.3, -0.25) is 14.4 Å². The van der Waals surface area contributed by atoms with Crippen LogP contribution in [0.2, 0.25) is 0 Å². The van der Waals surface area contributed by atoms with E-state index in [-0.39, 0.29) is 63.0 Å². The standard InChI is InChI=1S/C6H10O2.2C6H12O2.C4H10O.C4H10.Y/c1-2-5-3-4-6(7)8-5;1-5(2)3-4-6(7)8;1-4-5(2)8-6(3)7;1-3-4(2)5;1-3-4-2;/h5H,2-4H2,1H3;5H,3-4H2,1-2H3,(H,7,8);5H,4H2,1-3H3;4-5H,3H2,1-2H3;3-4H2,1-2H3;. The number of carboxylic acids is 1. The zero-order valence-electron chi connectivity index (χ0n) is 23.7. The quantitative estimate of drug-likeness (QED) is 0.321. The molecule has 3 atom stereocenters. The molecule has 34 heavy (non-hydrogen) atoms. The first-order chi connectivity index (χ1) is 15.3. The van der Waals surface area contributed by atoms with Crippen molar-refractivity contribution in [2.24, 2.45) is 5.92 Å². The summed E-state index contributed by atoms with van der Waals surface area (Å²) in [7, 11) is 0. The van der Waals surface area contributed by atoms with Gasteiger partial charge in [0, 0.05) is 52.5 Å². The van der Waals surface area contributed by atoms with Gasteiger partial charge in [-0.05, 0) is 51.9 Å². The minimum absolute atomic E-state index is 0. The summed E-state index contributed by atoms with van der Waals surface area (Å²) in [6.07, 6.45) is 8.18. The Bertz CT molecular complexity index is 452. The van der Waals surface area contributed by atoms with Crippen molar-refractivity contribution in [2.75, 3.05) is 0 Å². The molecule has 1 heterocycles. The van der Waals surface area contributed by atoms with Crippen molar-refractivity contribution < 1.29 is 66.8 Å². The number of carbonyl (C=O) groups excluding carboxylic acids is 2. The van der Waals surface area contributed by atoms with Gasteiger partial charge in [-0.25, -0.2) is 0 Å². The van der Waals surface area contributed by atoms with Crippen LogP contribution in [-0.4, -0.2) is 46.4 Å². The summed E-state index contributed by atoms with van der Waals surface area (Å²) in [5.41, 5.74) is 0. The maximum absolute atomic E-state index is 10.4. The van der Waals surface area contributed by atoms with Crippen molar-refractivity contribution in [1.82, 2.24) is 0 Å². The normalized spacial score (nSPS) is 15.1. The van der Waals surface area contributed by atoms with Crippen LogP contribution in [0.1, 0.15) is 127 Å². The topological polar surface area (TPSA) is 110 Å². The zero-order valence-corrected chi connectivity index (χ0v) is 26.5. The Morgan fingerprint density at radius 2 is 1.50 bits per heavy atom. The number of hydrogen-bond donors (Lipinski definition) is 2. The maximum Gasteiger partial charge on any atom is 0.306 e. The van der Waals surface area contributed by atoms with Crippen molar-refractivity contribution in [3.63, 3.8) is 0 Å². The van der Waals surface area contributed by atoms with Crippen molar-refractivity contribution in [2.45, 2.75) is 145 Å². The fraction of sp³-hybridized carbons (Fsp3) is 0.885. The molecule has 1 radical (unpaired) electrons. The van der Waals surface area contributed by atoms with E-state index < -0.39 is 5.97 Å². The summed E-state index contributed by atoms with van der Waals surface area (Å²) >= 11 is 0. The van der Waals surface area contributed by atoms with Gasteiger partial charge in [0.25, 0.3) is 0 Å². The molecule has 1 fully saturated rings. The first kappa shape index (κ1) is 43.5. The van der Waals surface area contributed by atoms with Crippen molar-refractivity contribution in [3.8, 4) is 0 Å². The minimum Gasteiger partial charge on any atom is -0.481 e. The summed E-state index contributed by atoms with van der Waals surface area (Å²) in [4.78, 5) is 30.5. The molecule has 7 nitrogen and oxygen atoms in total. The van der Waals surface area contributed by atoms with Gasteiger partial charge in [-0.1, -0.05) is 61.3 Å². The second-order valence-electron chi connectivity index (χ2n) is 8.47. The summed E-state index contributed by atoms with van der Waals surface area (Å²) in [6.45, 7) is 19.4. The smallest absolute Gasteiger partial charge is 0.306 e. The molecule has 0 amide bonds. The Morgan fingerprint density at radius 1 is 1.03 bits per heavy atom. The molecule has 0 spiro atoms. The van der Waals surface area contributed by atoms with Gasteiger partial charge in [0.05, 0.1) is 12.2 Å². The average molecular weight is 568 g/mol. The number of cyclic esters (lactones) is 1. The van der Waals surface area contributed by atoms with E-state index >= 15 is 0 Å². The fourth-order valence-electron chi connectivity index (χ4n) is 1.65. The number of rotatable bonds is 8. The maximum atomic E-state index is 10.4. The summed E-state index contributed by atoms with van der Waals surface area (Å²) in [5.74, 6) is -0.416. The van der Waals surface area contributed by atoms with Crippen molar-refractivity contribution in [3.05, 3.63) is 0 Å². The molecule has 1 aliphatic rings. The molecule has 1 saturated heterocycles. The molecule has 203 valence electrons. The molecule has 3 unspecified atom stereocenters. The third-order valence-electron chi connectivity index (χ3n) is 4.39. The molecule has 0 aliphatic carbocycles. The Balaban J connectivity index is -0.000000105. The van der Waals surface area contributed by atoms with E-state index in [2.05, 4.69) is 13.8 Å². The zero-order chi connectivity index (χ0) is 26.8. The van der Waals surface area contributed by atoms with Gasteiger partial charge >= 0.3 is 17.9 Å². The number of carbonyl (C=O) groups is 3. The van der Waals surface area contributed by atoms with Crippen LogP contribution in [0.15, 0.2) is 0 Å². The van der Waals surface area contributed by atoms with Gasteiger partial charge in [0.1, 0.15) is 6.10 Å². The largest absolute Gasteiger partial charge is 0.481 e. The van der Waals surface area contributed by atoms with Gasteiger partial charge in [0.2, 0.25) is 0 Å². The molecule has 1 rings (SSSR count). The van der Waals surface area contributed by atoms with E-state index in [1.165, 1.54) is 19.8 Å². The SMILES string of the molecule is CC(C)CCC(=O)O.CCC(C)O.CCC(C)OC(C)=O.CCC1CCC(=O)O1.CCCC.[Y]. The van der Waals surface area contributed by atoms with Crippen molar-refractivity contribution in [1.29, 1.82) is 0 Å². The van der Waals surface area contributed by atoms with Crippen molar-refractivity contribution >= 4 is 17.9 Å². The van der Waals surface area contributed by atoms with Gasteiger partial charge in [-0.15, -0.1) is 0 Å². The van der Waals surface area contributed by atoms with E-state index in [0.717, 1.165) is 32.1 Å². The Labute approximate surface area is 235 Å². The van der Waals surface area contributed by atoms with E-state index in [0.29, 0.717) is 18.8 Å². The molecule has 0 aromatic heterocycles. The predicted molar refractivity (Wildman–Crippen MR) is 135 cm³/mol. The fourth-order valence-corrected chi connectivity index (χ4v) is 1.65. The summed E-state index contributed by atoms with van der Waals surface area (Å²) < 4.78 is 9.63. The molecule has 0 aromatic carbocycles. The number of aliphatic hydroxyl groups is 1. The van der Waals surface area contributed by atoms with Crippen LogP contribution >= 0.6 is 0 Å². The van der Waals surface area contributed by atoms with Crippen LogP contribution < -0.4 is 0 Å². The third kappa shape index (κ3) is 48.8. The monoisotopic (exact) mass is 567 g/mol. The van der Waals surface area contributed by atoms with Crippen LogP contribution in [0.4, 0.5) is 0 Å². The number of ether oxygens (including phenoxy) is 2. The second kappa shape index (κ2) is 32.5. The molecule has 0 aromatic rings. The molecule has 0 saturated carbocycles. The van der Waals surface area contributed by atoms with Gasteiger partial charge in [-0.2, -0.15) is 0 Å². The molecule has 8 heteroatoms. The average Bonchev–Trinajstić information content (AvgIpc) is 3.18. The van der Waals surface area contributed by atoms with Crippen LogP contribution in [0.3, 0.4) is 0 Å². The first-order valence-electron chi connectivity index (χ1n) is 12.6. The van der Waals surface area contributed by atoms with E-state index in [1.807, 2.05) is 41.5 Å². The second-order valence-corrected chi connectivity index (χ2v) is 8.47. The number of unbranched alkanes of at least 4 members (excludes halogenated alkanes) is 1. The summed E-state index contributed by atoms with van der Waals surface area (Å²) in [6, 6.07) is 0. The van der Waals surface area contributed by atoms with Crippen LogP contribution in [0.25, 0.3) is 0 Å². The van der Waals surface area contributed by atoms with E-state index in [9.17, 15) is 14.4 Å². The molecule has 0 bridgehead atoms. The minimum atomic E-state index is -0.696.